The molecule has 0 aromatic heterocycles. The van der Waals surface area contributed by atoms with Crippen molar-refractivity contribution in [3.8, 4) is 0 Å². The van der Waals surface area contributed by atoms with E-state index in [1.54, 1.807) is 55.5 Å². The third kappa shape index (κ3) is 5.17. The maximum atomic E-state index is 13.7. The van der Waals surface area contributed by atoms with E-state index >= 15 is 0 Å². The van der Waals surface area contributed by atoms with E-state index in [2.05, 4.69) is 6.92 Å². The first kappa shape index (κ1) is 39.6. The van der Waals surface area contributed by atoms with E-state index in [1.807, 2.05) is 38.1 Å². The van der Waals surface area contributed by atoms with Crippen molar-refractivity contribution < 1.29 is 63.5 Å². The molecule has 12 rings (SSSR count). The maximum Gasteiger partial charge on any atom is 0.338 e. The predicted octanol–water partition coefficient (Wildman–Crippen LogP) is 3.31. The monoisotopic (exact) mass is 814 g/mol. The third-order valence-electron chi connectivity index (χ3n) is 16.2. The number of aliphatic hydroxyl groups excluding tert-OH is 2. The van der Waals surface area contributed by atoms with E-state index in [-0.39, 0.29) is 30.6 Å². The van der Waals surface area contributed by atoms with Gasteiger partial charge in [-0.1, -0.05) is 81.5 Å². The lowest BCUT2D eigenvalue weighted by molar-refractivity contribution is -0.595. The van der Waals surface area contributed by atoms with Crippen LogP contribution in [0.1, 0.15) is 69.3 Å². The lowest BCUT2D eigenvalue weighted by Crippen LogP contribution is -2.89. The minimum atomic E-state index is -2.22. The molecule has 13 heteroatoms. The Morgan fingerprint density at radius 1 is 0.881 bits per heavy atom. The van der Waals surface area contributed by atoms with Gasteiger partial charge in [0.25, 0.3) is 0 Å². The molecule has 11 bridgehead atoms. The number of aliphatic hydroxyl groups is 5. The molecule has 0 radical (unpaired) electrons. The molecule has 6 heterocycles. The van der Waals surface area contributed by atoms with Gasteiger partial charge in [0.05, 0.1) is 23.4 Å². The molecule has 10 aliphatic rings. The number of epoxide rings is 1. The van der Waals surface area contributed by atoms with Crippen LogP contribution in [0.5, 0.6) is 0 Å². The minimum Gasteiger partial charge on any atom is -0.456 e. The number of hydrogen-bond donors (Lipinski definition) is 5. The van der Waals surface area contributed by atoms with Crippen LogP contribution in [0.25, 0.3) is 0 Å². The van der Waals surface area contributed by atoms with Gasteiger partial charge in [-0.2, -0.15) is 0 Å². The Labute approximate surface area is 342 Å². The second-order valence-electron chi connectivity index (χ2n) is 19.0. The zero-order valence-electron chi connectivity index (χ0n) is 33.6. The van der Waals surface area contributed by atoms with E-state index in [0.717, 1.165) is 0 Å². The highest BCUT2D eigenvalue weighted by Crippen LogP contribution is 2.75. The number of allylic oxidation sites excluding steroid dienone is 2. The number of carbonyl (C=O) groups is 2. The molecule has 19 atom stereocenters. The Hall–Kier alpha value is -3.50. The highest BCUT2D eigenvalue weighted by atomic mass is 16.9. The number of carbonyl (C=O) groups excluding carboxylic acids is 2. The van der Waals surface area contributed by atoms with Crippen LogP contribution in [-0.4, -0.2) is 109 Å². The summed E-state index contributed by atoms with van der Waals surface area (Å²) in [6.45, 7) is 6.66. The van der Waals surface area contributed by atoms with Crippen LogP contribution in [0.4, 0.5) is 0 Å². The van der Waals surface area contributed by atoms with Gasteiger partial charge in [0.15, 0.2) is 0 Å². The van der Waals surface area contributed by atoms with Crippen molar-refractivity contribution in [2.45, 2.75) is 124 Å². The van der Waals surface area contributed by atoms with Gasteiger partial charge in [0.1, 0.15) is 53.4 Å². The number of fused-ring (bicyclic) bond motifs is 6. The summed E-state index contributed by atoms with van der Waals surface area (Å²) in [4.78, 5) is 27.2. The molecule has 316 valence electrons. The molecule has 0 amide bonds. The molecular weight excluding hydrogens is 760 g/mol. The smallest absolute Gasteiger partial charge is 0.338 e. The van der Waals surface area contributed by atoms with Crippen LogP contribution in [0.2, 0.25) is 0 Å². The highest BCUT2D eigenvalue weighted by molar-refractivity contribution is 5.89. The second-order valence-corrected chi connectivity index (χ2v) is 19.0. The molecular formula is C46H54O13. The third-order valence-corrected chi connectivity index (χ3v) is 16.2. The largest absolute Gasteiger partial charge is 0.456 e. The fourth-order valence-electron chi connectivity index (χ4n) is 13.3. The molecule has 2 aromatic carbocycles. The molecule has 4 aliphatic carbocycles. The van der Waals surface area contributed by atoms with Crippen molar-refractivity contribution in [1.82, 2.24) is 0 Å². The van der Waals surface area contributed by atoms with Gasteiger partial charge >= 0.3 is 17.9 Å². The number of benzene rings is 2. The van der Waals surface area contributed by atoms with Crippen molar-refractivity contribution in [2.75, 3.05) is 6.61 Å². The first-order valence-electron chi connectivity index (χ1n) is 21.2. The topological polar surface area (TPSA) is 194 Å². The predicted molar refractivity (Wildman–Crippen MR) is 207 cm³/mol. The average molecular weight is 815 g/mol. The van der Waals surface area contributed by atoms with Crippen molar-refractivity contribution in [3.05, 3.63) is 96.1 Å². The standard InChI is InChI=1S/C46H54O13/c1-24-21-32-43(52)35(24)55-33(48)18-12-11-17-31(54-39(49)27-13-7-5-8-14-27)30-20-19-28(25(30)2)22-41(4,51)45(53)36-26(3)44(32)34(37-42(23-47,56-37)40(43)50)38(45)58-46(57-36,59-44)29-15-9-6-10-16-29/h5-18,24-26,28,30-32,34-38,40,47,50-53H,19-23H2,1-4H3/t24-,25-,26+,28+,30-,31-,32+,34-,35-,36-,37-,38+,40+,41+,42-,43+,44-,45-,46?/m0/s1. The highest BCUT2D eigenvalue weighted by Gasteiger charge is 2.91. The van der Waals surface area contributed by atoms with Crippen molar-refractivity contribution in [1.29, 1.82) is 0 Å². The average Bonchev–Trinajstić information content (AvgIpc) is 3.79. The molecule has 8 fully saturated rings. The Morgan fingerprint density at radius 2 is 1.58 bits per heavy atom. The number of ether oxygens (including phenoxy) is 6. The fraction of sp³-hybridized carbons (Fsp3) is 0.609. The number of esters is 2. The van der Waals surface area contributed by atoms with E-state index in [4.69, 9.17) is 28.4 Å². The Balaban J connectivity index is 1.14. The molecule has 13 nitrogen and oxygen atoms in total. The van der Waals surface area contributed by atoms with Crippen LogP contribution in [-0.2, 0) is 39.2 Å². The van der Waals surface area contributed by atoms with Gasteiger partial charge in [-0.25, -0.2) is 9.59 Å². The Morgan fingerprint density at radius 3 is 2.29 bits per heavy atom. The molecule has 4 saturated carbocycles. The van der Waals surface area contributed by atoms with Gasteiger partial charge in [0, 0.05) is 35.3 Å². The van der Waals surface area contributed by atoms with Crippen molar-refractivity contribution in [2.24, 2.45) is 41.4 Å². The van der Waals surface area contributed by atoms with Crippen LogP contribution < -0.4 is 0 Å². The van der Waals surface area contributed by atoms with Gasteiger partial charge < -0.3 is 54.0 Å². The molecule has 59 heavy (non-hydrogen) atoms. The lowest BCUT2D eigenvalue weighted by Gasteiger charge is -2.74. The molecule has 4 saturated heterocycles. The van der Waals surface area contributed by atoms with Gasteiger partial charge in [-0.15, -0.1) is 0 Å². The second kappa shape index (κ2) is 13.3. The zero-order valence-corrected chi connectivity index (χ0v) is 33.6. The van der Waals surface area contributed by atoms with E-state index in [1.165, 1.54) is 12.2 Å². The van der Waals surface area contributed by atoms with Crippen LogP contribution in [0, 0.1) is 41.4 Å². The van der Waals surface area contributed by atoms with Crippen molar-refractivity contribution in [3.63, 3.8) is 0 Å². The SMILES string of the molecule is C[C@H]1[C@@H]2CC[C@@H]1[C@@H](OC(=O)c1ccccc1)C=CC=CC(=O)O[C@H]1[C@@H](C)C[C@@H]3[C@]1(O)[C@H](O)[C@@]1(CO)O[C@H]1[C@H]1[C@H]4OC5(c6ccccc6)O[C@@H]([C@@H](C)[C@@]13O5)[C@@]4(O)[C@](C)(O)C2. The Bertz CT molecular complexity index is 2060. The summed E-state index contributed by atoms with van der Waals surface area (Å²) in [6, 6.07) is 17.7. The van der Waals surface area contributed by atoms with Gasteiger partial charge in [-0.3, -0.25) is 0 Å². The molecule has 1 spiro atoms. The summed E-state index contributed by atoms with van der Waals surface area (Å²) in [6.07, 6.45) is 0.608. The minimum absolute atomic E-state index is 0.102. The van der Waals surface area contributed by atoms with E-state index < -0.39 is 113 Å². The first-order chi connectivity index (χ1) is 28.1. The zero-order chi connectivity index (χ0) is 41.5. The van der Waals surface area contributed by atoms with Crippen LogP contribution in [0.15, 0.2) is 85.0 Å². The lowest BCUT2D eigenvalue weighted by atomic mass is 9.49. The summed E-state index contributed by atoms with van der Waals surface area (Å²) in [5.74, 6) is -6.79. The summed E-state index contributed by atoms with van der Waals surface area (Å²) in [5.41, 5.74) is -8.50. The fourth-order valence-corrected chi connectivity index (χ4v) is 13.3. The number of rotatable bonds is 4. The molecule has 6 aliphatic heterocycles. The van der Waals surface area contributed by atoms with Crippen LogP contribution >= 0.6 is 0 Å². The summed E-state index contributed by atoms with van der Waals surface area (Å²) in [5, 5.41) is 63.4. The normalized spacial score (nSPS) is 51.7. The van der Waals surface area contributed by atoms with Gasteiger partial charge in [-0.05, 0) is 68.6 Å². The van der Waals surface area contributed by atoms with Crippen LogP contribution in [0.3, 0.4) is 0 Å². The molecule has 1 unspecified atom stereocenters. The summed E-state index contributed by atoms with van der Waals surface area (Å²) >= 11 is 0. The van der Waals surface area contributed by atoms with Crippen molar-refractivity contribution >= 4 is 11.9 Å². The molecule has 2 aromatic rings. The molecule has 5 N–H and O–H groups in total. The van der Waals surface area contributed by atoms with Gasteiger partial charge in [0.2, 0.25) is 0 Å². The quantitative estimate of drug-likeness (QED) is 0.223. The first-order valence-corrected chi connectivity index (χ1v) is 21.2. The maximum absolute atomic E-state index is 13.7. The summed E-state index contributed by atoms with van der Waals surface area (Å²) < 4.78 is 39.7. The number of hydrogen-bond acceptors (Lipinski definition) is 13. The Kier molecular flexibility index (Phi) is 8.90. The summed E-state index contributed by atoms with van der Waals surface area (Å²) in [7, 11) is 0. The van der Waals surface area contributed by atoms with E-state index in [0.29, 0.717) is 24.0 Å². The van der Waals surface area contributed by atoms with E-state index in [9.17, 15) is 35.1 Å².